The number of hydrogen-bond donors (Lipinski definition) is 0. The minimum absolute atomic E-state index is 0.00525. The number of nitrogens with zero attached hydrogens (tertiary/aromatic N) is 10. The van der Waals surface area contributed by atoms with Crippen LogP contribution in [0.3, 0.4) is 0 Å². The second-order valence-electron chi connectivity index (χ2n) is 11.5. The quantitative estimate of drug-likeness (QED) is 0.129. The van der Waals surface area contributed by atoms with Gasteiger partial charge in [-0.15, -0.1) is 0 Å². The van der Waals surface area contributed by atoms with Gasteiger partial charge in [-0.25, -0.2) is 0 Å². The van der Waals surface area contributed by atoms with Gasteiger partial charge in [-0.1, -0.05) is 0 Å². The lowest BCUT2D eigenvalue weighted by Gasteiger charge is -2.34. The Bertz CT molecular complexity index is 2430. The molecule has 0 unspecified atom stereocenters. The Kier molecular flexibility index (Phi) is 7.80. The summed E-state index contributed by atoms with van der Waals surface area (Å²) in [7, 11) is 0. The minimum Gasteiger partial charge on any atom is -0.291 e. The second-order valence-corrected chi connectivity index (χ2v) is 11.5. The van der Waals surface area contributed by atoms with Crippen molar-refractivity contribution in [2.75, 3.05) is 19.6 Å². The molecule has 2 aliphatic heterocycles. The van der Waals surface area contributed by atoms with Crippen molar-refractivity contribution in [1.82, 2.24) is 19.9 Å². The van der Waals surface area contributed by atoms with E-state index in [1.807, 2.05) is 12.1 Å². The van der Waals surface area contributed by atoms with Crippen LogP contribution in [-0.4, -0.2) is 19.9 Å². The van der Waals surface area contributed by atoms with E-state index in [9.17, 15) is 45.6 Å². The van der Waals surface area contributed by atoms with Gasteiger partial charge in [-0.05, 0) is 36.4 Å². The average Bonchev–Trinajstić information content (AvgIpc) is 3.62. The van der Waals surface area contributed by atoms with E-state index in [1.54, 1.807) is 0 Å². The third-order valence-corrected chi connectivity index (χ3v) is 8.24. The number of rotatable bonds is 4. The molecular formula is C36H14F8N10. The van der Waals surface area contributed by atoms with E-state index in [0.29, 0.717) is 0 Å². The maximum Gasteiger partial charge on any atom is 0.217 e. The largest absolute Gasteiger partial charge is 0.291 e. The summed E-state index contributed by atoms with van der Waals surface area (Å²) in [6.45, 7) is 0. The lowest BCUT2D eigenvalue weighted by Crippen LogP contribution is -2.34. The van der Waals surface area contributed by atoms with Gasteiger partial charge in [0.05, 0.1) is 68.8 Å². The fourth-order valence-electron chi connectivity index (χ4n) is 6.35. The van der Waals surface area contributed by atoms with Crippen molar-refractivity contribution in [2.24, 2.45) is 0 Å². The van der Waals surface area contributed by atoms with Crippen molar-refractivity contribution in [3.8, 4) is 12.1 Å². The minimum atomic E-state index is -1.33. The fraction of sp³-hybridized carbons (Fsp3) is 0. The first kappa shape index (κ1) is 33.5. The van der Waals surface area contributed by atoms with Gasteiger partial charge in [0.15, 0.2) is 11.6 Å². The van der Waals surface area contributed by atoms with Crippen LogP contribution in [0.2, 0.25) is 0 Å². The lowest BCUT2D eigenvalue weighted by atomic mass is 10.1. The molecule has 0 saturated carbocycles. The van der Waals surface area contributed by atoms with Crippen LogP contribution in [0.1, 0.15) is 11.1 Å². The molecule has 0 aliphatic carbocycles. The first-order chi connectivity index (χ1) is 25.9. The summed E-state index contributed by atoms with van der Waals surface area (Å²) in [5, 5.41) is 19.7. The van der Waals surface area contributed by atoms with Gasteiger partial charge in [0.2, 0.25) is 47.6 Å². The molecule has 0 saturated heterocycles. The van der Waals surface area contributed by atoms with E-state index in [0.717, 1.165) is 68.1 Å². The molecule has 0 N–H and O–H groups in total. The Morgan fingerprint density at radius 1 is 0.352 bits per heavy atom. The fourth-order valence-corrected chi connectivity index (χ4v) is 6.35. The number of hydrogen-bond acceptors (Lipinski definition) is 10. The Morgan fingerprint density at radius 2 is 0.593 bits per heavy atom. The molecule has 8 rings (SSSR count). The van der Waals surface area contributed by atoms with Gasteiger partial charge in [0.25, 0.3) is 0 Å². The number of pyridine rings is 4. The molecule has 264 valence electrons. The van der Waals surface area contributed by atoms with E-state index in [1.165, 1.54) is 36.4 Å². The standard InChI is InChI=1S/C36H14F8N10/c37-27-7-19(8-28(38)47-27)51-23-3-1-17(15-45)5-25(23)53(21-11-31(41)49-32(42)12-21)35(51)36-52(20-9-29(39)48-30(40)10-20)24-4-2-18(16-46)6-26(24)54(36)22-13-33(43)50-34(44)14-22/h1-14H/b36-35+. The Balaban J connectivity index is 1.61. The Labute approximate surface area is 298 Å². The van der Waals surface area contributed by atoms with Crippen LogP contribution >= 0.6 is 0 Å². The summed E-state index contributed by atoms with van der Waals surface area (Å²) in [6, 6.07) is 18.1. The summed E-state index contributed by atoms with van der Waals surface area (Å²) in [5.41, 5.74) is -1.35. The Hall–Kier alpha value is -7.60. The summed E-state index contributed by atoms with van der Waals surface area (Å²) in [6.07, 6.45) is 0. The molecule has 54 heavy (non-hydrogen) atoms. The van der Waals surface area contributed by atoms with Gasteiger partial charge >= 0.3 is 0 Å². The van der Waals surface area contributed by atoms with E-state index in [-0.39, 0.29) is 68.3 Å². The number of nitriles is 2. The molecule has 0 bridgehead atoms. The molecule has 0 atom stereocenters. The van der Waals surface area contributed by atoms with Crippen molar-refractivity contribution >= 4 is 45.5 Å². The topological polar surface area (TPSA) is 112 Å². The first-order valence-corrected chi connectivity index (χ1v) is 15.3. The number of aromatic nitrogens is 4. The van der Waals surface area contributed by atoms with E-state index in [4.69, 9.17) is 0 Å². The van der Waals surface area contributed by atoms with Crippen LogP contribution in [0, 0.1) is 70.2 Å². The SMILES string of the molecule is N#Cc1ccc2c(c1)N(c1cc(F)nc(F)c1)/C(=C1\N(c3cc(F)nc(F)c3)c3ccc(C#N)cc3N1c1cc(F)nc(F)c1)N2c1cc(F)nc(F)c1. The lowest BCUT2D eigenvalue weighted by molar-refractivity contribution is 0.511. The molecule has 0 amide bonds. The van der Waals surface area contributed by atoms with E-state index >= 15 is 0 Å². The highest BCUT2D eigenvalue weighted by molar-refractivity contribution is 6.00. The van der Waals surface area contributed by atoms with Crippen LogP contribution in [-0.2, 0) is 0 Å². The smallest absolute Gasteiger partial charge is 0.217 e. The predicted molar refractivity (Wildman–Crippen MR) is 175 cm³/mol. The molecule has 2 aliphatic rings. The molecule has 0 spiro atoms. The van der Waals surface area contributed by atoms with Gasteiger partial charge < -0.3 is 0 Å². The van der Waals surface area contributed by atoms with Crippen LogP contribution in [0.25, 0.3) is 0 Å². The van der Waals surface area contributed by atoms with Crippen molar-refractivity contribution in [2.45, 2.75) is 0 Å². The summed E-state index contributed by atoms with van der Waals surface area (Å²) >= 11 is 0. The molecule has 0 radical (unpaired) electrons. The van der Waals surface area contributed by atoms with Crippen molar-refractivity contribution in [3.05, 3.63) is 155 Å². The summed E-state index contributed by atoms with van der Waals surface area (Å²) in [4.78, 5) is 17.2. The predicted octanol–water partition coefficient (Wildman–Crippen LogP) is 8.53. The summed E-state index contributed by atoms with van der Waals surface area (Å²) in [5.74, 6) is -11.3. The van der Waals surface area contributed by atoms with E-state index < -0.39 is 47.6 Å². The summed E-state index contributed by atoms with van der Waals surface area (Å²) < 4.78 is 120. The normalized spacial score (nSPS) is 14.6. The zero-order valence-corrected chi connectivity index (χ0v) is 26.6. The highest BCUT2D eigenvalue weighted by Gasteiger charge is 2.45. The molecule has 2 aromatic carbocycles. The molecular weight excluding hydrogens is 724 g/mol. The zero-order chi connectivity index (χ0) is 38.0. The third-order valence-electron chi connectivity index (χ3n) is 8.24. The van der Waals surface area contributed by atoms with Gasteiger partial charge in [-0.3, -0.25) is 19.6 Å². The first-order valence-electron chi connectivity index (χ1n) is 15.3. The molecule has 4 aromatic heterocycles. The van der Waals surface area contributed by atoms with Crippen molar-refractivity contribution in [3.63, 3.8) is 0 Å². The van der Waals surface area contributed by atoms with Crippen molar-refractivity contribution < 1.29 is 35.1 Å². The Morgan fingerprint density at radius 3 is 0.833 bits per heavy atom. The average molecular weight is 739 g/mol. The van der Waals surface area contributed by atoms with Crippen LogP contribution in [0.15, 0.2) is 96.6 Å². The molecule has 10 nitrogen and oxygen atoms in total. The molecule has 6 aromatic rings. The molecule has 6 heterocycles. The highest BCUT2D eigenvalue weighted by atomic mass is 19.2. The number of anilines is 8. The van der Waals surface area contributed by atoms with Gasteiger partial charge in [-0.2, -0.15) is 65.6 Å². The monoisotopic (exact) mass is 738 g/mol. The molecule has 18 heteroatoms. The third kappa shape index (κ3) is 5.58. The number of halogens is 8. The molecule has 0 fully saturated rings. The van der Waals surface area contributed by atoms with Gasteiger partial charge in [0, 0.05) is 48.5 Å². The van der Waals surface area contributed by atoms with Gasteiger partial charge in [0.1, 0.15) is 0 Å². The highest BCUT2D eigenvalue weighted by Crippen LogP contribution is 2.57. The van der Waals surface area contributed by atoms with Crippen LogP contribution < -0.4 is 19.6 Å². The maximum absolute atomic E-state index is 15.0. The maximum atomic E-state index is 15.0. The number of fused-ring (bicyclic) bond motifs is 2. The van der Waals surface area contributed by atoms with Crippen molar-refractivity contribution in [1.29, 1.82) is 10.5 Å². The number of benzene rings is 2. The van der Waals surface area contributed by atoms with Crippen LogP contribution in [0.4, 0.5) is 80.6 Å². The zero-order valence-electron chi connectivity index (χ0n) is 26.6. The van der Waals surface area contributed by atoms with Crippen LogP contribution in [0.5, 0.6) is 0 Å². The van der Waals surface area contributed by atoms with E-state index in [2.05, 4.69) is 19.9 Å². The second kappa shape index (κ2) is 12.6.